The van der Waals surface area contributed by atoms with Gasteiger partial charge >= 0.3 is 0 Å². The molecule has 0 unspecified atom stereocenters. The van der Waals surface area contributed by atoms with Crippen LogP contribution in [0.15, 0.2) is 0 Å². The largest absolute Gasteiger partial charge is 0.288 e. The molecule has 0 bridgehead atoms. The normalized spacial score (nSPS) is 7.40. The van der Waals surface area contributed by atoms with Crippen molar-refractivity contribution in [2.45, 2.75) is 6.92 Å². The standard InChI is InChI=1S/C3H5OS/c1-3(4)5-2/h2,5H,1H3. The van der Waals surface area contributed by atoms with Crippen LogP contribution in [0.2, 0.25) is 0 Å². The molecule has 1 radical (unpaired) electrons. The maximum atomic E-state index is 9.68. The highest BCUT2D eigenvalue weighted by Crippen LogP contribution is 1.76. The fourth-order valence-electron chi connectivity index (χ4n) is 0. The van der Waals surface area contributed by atoms with Crippen LogP contribution < -0.4 is 0 Å². The smallest absolute Gasteiger partial charge is 0.177 e. The summed E-state index contributed by atoms with van der Waals surface area (Å²) < 4.78 is 0. The predicted molar refractivity (Wildman–Crippen MR) is 25.7 cm³/mol. The van der Waals surface area contributed by atoms with Crippen LogP contribution in [0.3, 0.4) is 0 Å². The minimum Gasteiger partial charge on any atom is -0.288 e. The van der Waals surface area contributed by atoms with Crippen molar-refractivity contribution in [2.24, 2.45) is 0 Å². The van der Waals surface area contributed by atoms with Gasteiger partial charge < -0.3 is 0 Å². The van der Waals surface area contributed by atoms with Crippen LogP contribution >= 0.6 is 11.4 Å². The second kappa shape index (κ2) is 2.15. The minimum absolute atomic E-state index is 0.00463. The van der Waals surface area contributed by atoms with Crippen LogP contribution in [0.5, 0.6) is 0 Å². The zero-order chi connectivity index (χ0) is 4.28. The van der Waals surface area contributed by atoms with Crippen LogP contribution in [0.4, 0.5) is 0 Å². The SMILES string of the molecule is [CH]=[SH]C(C)=O. The van der Waals surface area contributed by atoms with Crippen molar-refractivity contribution in [3.63, 3.8) is 0 Å². The Morgan fingerprint density at radius 2 is 2.20 bits per heavy atom. The summed E-state index contributed by atoms with van der Waals surface area (Å²) in [5.74, 6) is 4.79. The highest BCUT2D eigenvalue weighted by molar-refractivity contribution is 8.10. The van der Waals surface area contributed by atoms with Gasteiger partial charge in [-0.3, -0.25) is 4.79 Å². The molecule has 0 amide bonds. The van der Waals surface area contributed by atoms with E-state index in [4.69, 9.17) is 5.87 Å². The molecule has 0 saturated heterocycles. The molecule has 0 aromatic rings. The van der Waals surface area contributed by atoms with Gasteiger partial charge in [0.15, 0.2) is 5.12 Å². The van der Waals surface area contributed by atoms with Crippen molar-refractivity contribution in [3.05, 3.63) is 0 Å². The lowest BCUT2D eigenvalue weighted by Gasteiger charge is -1.64. The molecule has 2 heteroatoms. The minimum atomic E-state index is 0.00463. The highest BCUT2D eigenvalue weighted by atomic mass is 32.1. The summed E-state index contributed by atoms with van der Waals surface area (Å²) in [5.41, 5.74) is 0. The van der Waals surface area contributed by atoms with Crippen molar-refractivity contribution in [1.29, 1.82) is 0 Å². The summed E-state index contributed by atoms with van der Waals surface area (Å²) in [7, 11) is 0. The summed E-state index contributed by atoms with van der Waals surface area (Å²) in [5, 5.41) is 0.00463. The summed E-state index contributed by atoms with van der Waals surface area (Å²) in [6.45, 7) is 1.45. The number of rotatable bonds is 0. The first-order valence-corrected chi connectivity index (χ1v) is 2.15. The summed E-state index contributed by atoms with van der Waals surface area (Å²) >= 11 is 0.358. The molecular formula is C3H5OS. The van der Waals surface area contributed by atoms with E-state index in [-0.39, 0.29) is 5.12 Å². The van der Waals surface area contributed by atoms with Crippen LogP contribution in [0.25, 0.3) is 0 Å². The second-order valence-corrected chi connectivity index (χ2v) is 1.54. The van der Waals surface area contributed by atoms with Gasteiger partial charge in [0.1, 0.15) is 0 Å². The van der Waals surface area contributed by atoms with Gasteiger partial charge in [0, 0.05) is 6.92 Å². The zero-order valence-corrected chi connectivity index (χ0v) is 3.83. The van der Waals surface area contributed by atoms with Gasteiger partial charge in [-0.1, -0.05) is 0 Å². The first kappa shape index (κ1) is 4.89. The van der Waals surface area contributed by atoms with Crippen molar-refractivity contribution in [3.8, 4) is 0 Å². The lowest BCUT2D eigenvalue weighted by molar-refractivity contribution is -0.109. The Morgan fingerprint density at radius 1 is 2.00 bits per heavy atom. The molecule has 29 valence electrons. The van der Waals surface area contributed by atoms with E-state index in [1.165, 1.54) is 6.92 Å². The van der Waals surface area contributed by atoms with E-state index in [0.717, 1.165) is 0 Å². The third-order valence-electron chi connectivity index (χ3n) is 0.182. The molecule has 5 heavy (non-hydrogen) atoms. The van der Waals surface area contributed by atoms with E-state index < -0.39 is 0 Å². The molecule has 0 fully saturated rings. The highest BCUT2D eigenvalue weighted by Gasteiger charge is 1.68. The number of hydrogen-bond acceptors (Lipinski definition) is 1. The molecule has 0 aliphatic rings. The second-order valence-electron chi connectivity index (χ2n) is 0.648. The molecule has 0 spiro atoms. The molecule has 0 aliphatic heterocycles. The Labute approximate surface area is 35.0 Å². The van der Waals surface area contributed by atoms with E-state index in [1.807, 2.05) is 0 Å². The van der Waals surface area contributed by atoms with E-state index in [9.17, 15) is 4.79 Å². The van der Waals surface area contributed by atoms with Gasteiger partial charge in [-0.25, -0.2) is 0 Å². The number of carbonyl (C=O) groups is 1. The molecule has 0 N–H and O–H groups in total. The maximum Gasteiger partial charge on any atom is 0.177 e. The lowest BCUT2D eigenvalue weighted by Crippen LogP contribution is -1.67. The topological polar surface area (TPSA) is 17.1 Å². The fourth-order valence-corrected chi connectivity index (χ4v) is 0. The van der Waals surface area contributed by atoms with Crippen LogP contribution in [0, 0.1) is 0 Å². The summed E-state index contributed by atoms with van der Waals surface area (Å²) in [6.07, 6.45) is 0. The van der Waals surface area contributed by atoms with E-state index in [0.29, 0.717) is 11.4 Å². The van der Waals surface area contributed by atoms with Gasteiger partial charge in [-0.15, -0.1) is 11.4 Å². The fraction of sp³-hybridized carbons (Fsp3) is 0.333. The third kappa shape index (κ3) is 3.89. The van der Waals surface area contributed by atoms with Crippen LogP contribution in [-0.4, -0.2) is 11.0 Å². The van der Waals surface area contributed by atoms with Gasteiger partial charge in [-0.2, -0.15) is 0 Å². The molecule has 0 heterocycles. The Morgan fingerprint density at radius 3 is 2.20 bits per heavy atom. The molecule has 0 atom stereocenters. The Hall–Kier alpha value is -0.110. The zero-order valence-electron chi connectivity index (χ0n) is 2.93. The van der Waals surface area contributed by atoms with Crippen LogP contribution in [-0.2, 0) is 4.79 Å². The Balaban J connectivity index is 3.20. The average molecular weight is 89.1 g/mol. The molecule has 0 saturated carbocycles. The number of thiol groups is 1. The monoisotopic (exact) mass is 89.0 g/mol. The third-order valence-corrected chi connectivity index (χ3v) is 0.545. The van der Waals surface area contributed by atoms with Crippen molar-refractivity contribution < 1.29 is 4.79 Å². The summed E-state index contributed by atoms with van der Waals surface area (Å²) in [4.78, 5) is 9.68. The quantitative estimate of drug-likeness (QED) is 0.334. The lowest BCUT2D eigenvalue weighted by atomic mass is 10.9. The molecule has 0 aliphatic carbocycles. The average Bonchev–Trinajstić information content (AvgIpc) is 1.38. The van der Waals surface area contributed by atoms with Crippen molar-refractivity contribution in [1.82, 2.24) is 0 Å². The van der Waals surface area contributed by atoms with Crippen molar-refractivity contribution >= 4 is 22.3 Å². The maximum absolute atomic E-state index is 9.68. The summed E-state index contributed by atoms with van der Waals surface area (Å²) in [6, 6.07) is 0. The van der Waals surface area contributed by atoms with Crippen molar-refractivity contribution in [2.75, 3.05) is 0 Å². The molecule has 0 rings (SSSR count). The molecular weight excluding hydrogens is 84.1 g/mol. The van der Waals surface area contributed by atoms with Gasteiger partial charge in [0.2, 0.25) is 0 Å². The van der Waals surface area contributed by atoms with Gasteiger partial charge in [0.25, 0.3) is 0 Å². The first-order valence-electron chi connectivity index (χ1n) is 1.19. The Kier molecular flexibility index (Phi) is 2.10. The molecule has 0 aromatic heterocycles. The first-order chi connectivity index (χ1) is 2.27. The number of hydrogen-bond donors (Lipinski definition) is 1. The van der Waals surface area contributed by atoms with Crippen LogP contribution in [0.1, 0.15) is 6.92 Å². The van der Waals surface area contributed by atoms with Gasteiger partial charge in [0.05, 0.1) is 0 Å². The van der Waals surface area contributed by atoms with E-state index in [2.05, 4.69) is 0 Å². The molecule has 0 aromatic carbocycles. The van der Waals surface area contributed by atoms with E-state index >= 15 is 0 Å². The molecule has 1 nitrogen and oxygen atoms in total. The Bertz CT molecular complexity index is 57.9. The van der Waals surface area contributed by atoms with Gasteiger partial charge in [-0.05, 0) is 5.87 Å². The predicted octanol–water partition coefficient (Wildman–Crippen LogP) is 0.307. The number of carbonyl (C=O) groups excluding carboxylic acids is 1. The van der Waals surface area contributed by atoms with E-state index in [1.54, 1.807) is 0 Å².